The summed E-state index contributed by atoms with van der Waals surface area (Å²) in [5.74, 6) is 0.0155. The van der Waals surface area contributed by atoms with E-state index in [1.807, 2.05) is 64.2 Å². The number of carbonyl (C=O) groups excluding carboxylic acids is 1. The fourth-order valence-electron chi connectivity index (χ4n) is 3.73. The van der Waals surface area contributed by atoms with Gasteiger partial charge in [0.25, 0.3) is 0 Å². The van der Waals surface area contributed by atoms with E-state index < -0.39 is 0 Å². The molecule has 0 bridgehead atoms. The molecule has 1 heterocycles. The first-order chi connectivity index (χ1) is 13.7. The van der Waals surface area contributed by atoms with E-state index in [1.54, 1.807) is 6.92 Å². The SMILES string of the molecule is CCCCCCCCC(N(C(C)=O)c1ccccc1)n1nnc2ccccc21. The first-order valence-electron chi connectivity index (χ1n) is 10.4. The maximum absolute atomic E-state index is 12.7. The number of amides is 1. The number of fused-ring (bicyclic) bond motifs is 1. The highest BCUT2D eigenvalue weighted by molar-refractivity contribution is 5.92. The maximum Gasteiger partial charge on any atom is 0.225 e. The number of hydrogen-bond acceptors (Lipinski definition) is 3. The fraction of sp³-hybridized carbons (Fsp3) is 0.435. The van der Waals surface area contributed by atoms with Gasteiger partial charge in [0.05, 0.1) is 5.52 Å². The highest BCUT2D eigenvalue weighted by Gasteiger charge is 2.26. The third-order valence-corrected chi connectivity index (χ3v) is 5.15. The van der Waals surface area contributed by atoms with E-state index in [0.717, 1.165) is 29.6 Å². The van der Waals surface area contributed by atoms with Crippen LogP contribution in [0.5, 0.6) is 0 Å². The van der Waals surface area contributed by atoms with Crippen molar-refractivity contribution in [2.75, 3.05) is 4.90 Å². The molecule has 0 spiro atoms. The number of rotatable bonds is 10. The summed E-state index contributed by atoms with van der Waals surface area (Å²) in [6.45, 7) is 3.86. The van der Waals surface area contributed by atoms with Crippen molar-refractivity contribution < 1.29 is 4.79 Å². The van der Waals surface area contributed by atoms with Crippen LogP contribution in [0.4, 0.5) is 5.69 Å². The molecule has 148 valence electrons. The second-order valence-electron chi connectivity index (χ2n) is 7.28. The Kier molecular flexibility index (Phi) is 7.18. The molecule has 0 saturated carbocycles. The Balaban J connectivity index is 1.88. The van der Waals surface area contributed by atoms with E-state index in [2.05, 4.69) is 17.2 Å². The molecule has 5 nitrogen and oxygen atoms in total. The molecule has 0 fully saturated rings. The smallest absolute Gasteiger partial charge is 0.225 e. The fourth-order valence-corrected chi connectivity index (χ4v) is 3.73. The van der Waals surface area contributed by atoms with Crippen LogP contribution in [0.1, 0.15) is 65.0 Å². The van der Waals surface area contributed by atoms with E-state index in [0.29, 0.717) is 0 Å². The molecule has 1 unspecified atom stereocenters. The van der Waals surface area contributed by atoms with Gasteiger partial charge < -0.3 is 0 Å². The third kappa shape index (κ3) is 4.77. The number of anilines is 1. The Morgan fingerprint density at radius 1 is 0.964 bits per heavy atom. The van der Waals surface area contributed by atoms with Crippen LogP contribution in [0.15, 0.2) is 54.6 Å². The van der Waals surface area contributed by atoms with Gasteiger partial charge in [0.2, 0.25) is 5.91 Å². The van der Waals surface area contributed by atoms with Crippen molar-refractivity contribution in [3.63, 3.8) is 0 Å². The van der Waals surface area contributed by atoms with Crippen LogP contribution in [0, 0.1) is 0 Å². The minimum absolute atomic E-state index is 0.0155. The third-order valence-electron chi connectivity index (χ3n) is 5.15. The standard InChI is InChI=1S/C23H30N4O/c1-3-4-5-6-7-11-18-23(26(19(2)28)20-14-9-8-10-15-20)27-22-17-13-12-16-21(22)24-25-27/h8-10,12-17,23H,3-7,11,18H2,1-2H3. The van der Waals surface area contributed by atoms with Gasteiger partial charge in [0, 0.05) is 12.6 Å². The summed E-state index contributed by atoms with van der Waals surface area (Å²) >= 11 is 0. The Bertz CT molecular complexity index is 874. The first-order valence-corrected chi connectivity index (χ1v) is 10.4. The van der Waals surface area contributed by atoms with Gasteiger partial charge in [-0.3, -0.25) is 9.69 Å². The molecular weight excluding hydrogens is 348 g/mol. The van der Waals surface area contributed by atoms with E-state index in [-0.39, 0.29) is 12.1 Å². The molecule has 28 heavy (non-hydrogen) atoms. The van der Waals surface area contributed by atoms with Gasteiger partial charge in [-0.25, -0.2) is 4.68 Å². The Morgan fingerprint density at radius 3 is 2.39 bits per heavy atom. The number of unbranched alkanes of at least 4 members (excludes halogenated alkanes) is 5. The van der Waals surface area contributed by atoms with Crippen LogP contribution in [0.3, 0.4) is 0 Å². The molecule has 0 aliphatic carbocycles. The quantitative estimate of drug-likeness (QED) is 0.423. The average molecular weight is 379 g/mol. The van der Waals surface area contributed by atoms with Crippen molar-refractivity contribution in [2.45, 2.75) is 65.0 Å². The van der Waals surface area contributed by atoms with Gasteiger partial charge >= 0.3 is 0 Å². The lowest BCUT2D eigenvalue weighted by Crippen LogP contribution is -2.37. The van der Waals surface area contributed by atoms with Crippen molar-refractivity contribution in [2.24, 2.45) is 0 Å². The molecule has 1 atom stereocenters. The summed E-state index contributed by atoms with van der Waals surface area (Å²) in [5.41, 5.74) is 2.71. The minimum atomic E-state index is -0.182. The Hall–Kier alpha value is -2.69. The van der Waals surface area contributed by atoms with Crippen LogP contribution >= 0.6 is 0 Å². The lowest BCUT2D eigenvalue weighted by atomic mass is 10.1. The first kappa shape index (κ1) is 20.1. The van der Waals surface area contributed by atoms with Gasteiger partial charge in [0.1, 0.15) is 11.7 Å². The van der Waals surface area contributed by atoms with Gasteiger partial charge in [-0.2, -0.15) is 0 Å². The number of benzene rings is 2. The van der Waals surface area contributed by atoms with Crippen LogP contribution in [-0.2, 0) is 4.79 Å². The summed E-state index contributed by atoms with van der Waals surface area (Å²) in [5, 5.41) is 8.74. The maximum atomic E-state index is 12.7. The van der Waals surface area contributed by atoms with Crippen LogP contribution in [-0.4, -0.2) is 20.9 Å². The zero-order valence-electron chi connectivity index (χ0n) is 16.9. The lowest BCUT2D eigenvalue weighted by molar-refractivity contribution is -0.117. The topological polar surface area (TPSA) is 51.0 Å². The number of carbonyl (C=O) groups is 1. The van der Waals surface area contributed by atoms with E-state index in [1.165, 1.54) is 32.1 Å². The highest BCUT2D eigenvalue weighted by atomic mass is 16.2. The predicted molar refractivity (Wildman–Crippen MR) is 114 cm³/mol. The zero-order valence-corrected chi connectivity index (χ0v) is 16.9. The molecule has 3 rings (SSSR count). The molecule has 0 radical (unpaired) electrons. The van der Waals surface area contributed by atoms with Crippen molar-refractivity contribution in [3.05, 3.63) is 54.6 Å². The molecule has 0 aliphatic rings. The summed E-state index contributed by atoms with van der Waals surface area (Å²) in [4.78, 5) is 14.5. The van der Waals surface area contributed by atoms with Crippen LogP contribution in [0.25, 0.3) is 11.0 Å². The number of aromatic nitrogens is 3. The number of hydrogen-bond donors (Lipinski definition) is 0. The summed E-state index contributed by atoms with van der Waals surface area (Å²) < 4.78 is 1.91. The van der Waals surface area contributed by atoms with E-state index in [4.69, 9.17) is 0 Å². The van der Waals surface area contributed by atoms with Gasteiger partial charge in [-0.1, -0.05) is 74.6 Å². The minimum Gasteiger partial charge on any atom is -0.290 e. The molecule has 0 aliphatic heterocycles. The summed E-state index contributed by atoms with van der Waals surface area (Å²) in [7, 11) is 0. The normalized spacial score (nSPS) is 12.2. The van der Waals surface area contributed by atoms with Gasteiger partial charge in [-0.05, 0) is 37.1 Å². The van der Waals surface area contributed by atoms with Crippen molar-refractivity contribution in [3.8, 4) is 0 Å². The zero-order chi connectivity index (χ0) is 19.8. The Labute approximate surface area is 167 Å². The summed E-state index contributed by atoms with van der Waals surface area (Å²) in [6.07, 6.45) is 7.96. The second-order valence-corrected chi connectivity index (χ2v) is 7.28. The molecule has 0 N–H and O–H groups in total. The predicted octanol–water partition coefficient (Wildman–Crippen LogP) is 5.73. The average Bonchev–Trinajstić information content (AvgIpc) is 3.14. The van der Waals surface area contributed by atoms with E-state index >= 15 is 0 Å². The largest absolute Gasteiger partial charge is 0.290 e. The van der Waals surface area contributed by atoms with Crippen LogP contribution < -0.4 is 4.90 Å². The van der Waals surface area contributed by atoms with Crippen molar-refractivity contribution >= 4 is 22.6 Å². The molecular formula is C23H30N4O. The molecule has 1 aromatic heterocycles. The van der Waals surface area contributed by atoms with Gasteiger partial charge in [0.15, 0.2) is 0 Å². The molecule has 5 heteroatoms. The second kappa shape index (κ2) is 10.0. The number of para-hydroxylation sites is 2. The van der Waals surface area contributed by atoms with Gasteiger partial charge in [-0.15, -0.1) is 5.10 Å². The van der Waals surface area contributed by atoms with E-state index in [9.17, 15) is 4.79 Å². The highest BCUT2D eigenvalue weighted by Crippen LogP contribution is 2.29. The lowest BCUT2D eigenvalue weighted by Gasteiger charge is -2.31. The monoisotopic (exact) mass is 378 g/mol. The van der Waals surface area contributed by atoms with Crippen molar-refractivity contribution in [1.82, 2.24) is 15.0 Å². The number of nitrogens with zero attached hydrogens (tertiary/aromatic N) is 4. The summed E-state index contributed by atoms with van der Waals surface area (Å²) in [6, 6.07) is 17.8. The molecule has 0 saturated heterocycles. The van der Waals surface area contributed by atoms with Crippen LogP contribution in [0.2, 0.25) is 0 Å². The molecule has 1 amide bonds. The molecule has 3 aromatic rings. The molecule has 2 aromatic carbocycles. The Morgan fingerprint density at radius 2 is 1.64 bits per heavy atom. The van der Waals surface area contributed by atoms with Crippen molar-refractivity contribution in [1.29, 1.82) is 0 Å².